The second kappa shape index (κ2) is 3.52. The van der Waals surface area contributed by atoms with Crippen LogP contribution < -0.4 is 10.5 Å². The van der Waals surface area contributed by atoms with E-state index in [2.05, 4.69) is 0 Å². The molecule has 2 rings (SSSR count). The summed E-state index contributed by atoms with van der Waals surface area (Å²) in [4.78, 5) is 0. The van der Waals surface area contributed by atoms with Crippen LogP contribution in [0.5, 0.6) is 5.75 Å². The molecule has 0 atom stereocenters. The number of ether oxygens (including phenoxy) is 1. The average Bonchev–Trinajstić information content (AvgIpc) is 2.06. The highest BCUT2D eigenvalue weighted by Crippen LogP contribution is 2.41. The van der Waals surface area contributed by atoms with Crippen molar-refractivity contribution >= 4 is 17.3 Å². The van der Waals surface area contributed by atoms with Crippen molar-refractivity contribution in [1.82, 2.24) is 0 Å². The molecule has 1 saturated carbocycles. The molecule has 15 heavy (non-hydrogen) atoms. The fourth-order valence-corrected chi connectivity index (χ4v) is 1.72. The van der Waals surface area contributed by atoms with Crippen molar-refractivity contribution in [2.45, 2.75) is 24.9 Å². The highest BCUT2D eigenvalue weighted by Gasteiger charge is 2.47. The summed E-state index contributed by atoms with van der Waals surface area (Å²) in [7, 11) is 0. The SMILES string of the molecule is Nc1ccc(OC2CC(F)(F)C2)c(Cl)c1. The van der Waals surface area contributed by atoms with Crippen LogP contribution >= 0.6 is 11.6 Å². The minimum atomic E-state index is -2.58. The Morgan fingerprint density at radius 3 is 2.60 bits per heavy atom. The summed E-state index contributed by atoms with van der Waals surface area (Å²) < 4.78 is 30.3. The van der Waals surface area contributed by atoms with E-state index in [-0.39, 0.29) is 12.8 Å². The molecule has 2 N–H and O–H groups in total. The maximum Gasteiger partial charge on any atom is 0.255 e. The summed E-state index contributed by atoms with van der Waals surface area (Å²) in [5, 5.41) is 0.352. The predicted octanol–water partition coefficient (Wildman–Crippen LogP) is 3.10. The van der Waals surface area contributed by atoms with Crippen molar-refractivity contribution in [3.63, 3.8) is 0 Å². The van der Waals surface area contributed by atoms with Crippen molar-refractivity contribution in [3.8, 4) is 5.75 Å². The van der Waals surface area contributed by atoms with Gasteiger partial charge in [-0.1, -0.05) is 11.6 Å². The minimum absolute atomic E-state index is 0.242. The molecule has 0 amide bonds. The summed E-state index contributed by atoms with van der Waals surface area (Å²) in [6, 6.07) is 4.75. The largest absolute Gasteiger partial charge is 0.488 e. The van der Waals surface area contributed by atoms with E-state index in [4.69, 9.17) is 22.1 Å². The molecule has 0 aliphatic heterocycles. The number of hydrogen-bond acceptors (Lipinski definition) is 2. The molecule has 0 unspecified atom stereocenters. The Morgan fingerprint density at radius 2 is 2.07 bits per heavy atom. The smallest absolute Gasteiger partial charge is 0.255 e. The molecule has 0 heterocycles. The van der Waals surface area contributed by atoms with Gasteiger partial charge in [0, 0.05) is 18.5 Å². The summed E-state index contributed by atoms with van der Waals surface area (Å²) in [6.45, 7) is 0. The first kappa shape index (κ1) is 10.5. The zero-order valence-corrected chi connectivity index (χ0v) is 8.60. The number of halogens is 3. The minimum Gasteiger partial charge on any atom is -0.488 e. The highest BCUT2D eigenvalue weighted by atomic mass is 35.5. The first-order valence-electron chi connectivity index (χ1n) is 4.56. The van der Waals surface area contributed by atoms with Gasteiger partial charge in [-0.15, -0.1) is 0 Å². The Balaban J connectivity index is 2.00. The van der Waals surface area contributed by atoms with Crippen LogP contribution in [0.25, 0.3) is 0 Å². The predicted molar refractivity (Wildman–Crippen MR) is 54.5 cm³/mol. The van der Waals surface area contributed by atoms with Gasteiger partial charge in [-0.3, -0.25) is 0 Å². The van der Waals surface area contributed by atoms with Crippen LogP contribution in [0.15, 0.2) is 18.2 Å². The van der Waals surface area contributed by atoms with Gasteiger partial charge in [-0.2, -0.15) is 0 Å². The molecule has 1 aliphatic carbocycles. The van der Waals surface area contributed by atoms with Gasteiger partial charge < -0.3 is 10.5 Å². The molecule has 0 spiro atoms. The molecule has 0 aromatic heterocycles. The van der Waals surface area contributed by atoms with Crippen LogP contribution in [0, 0.1) is 0 Å². The Morgan fingerprint density at radius 1 is 1.40 bits per heavy atom. The zero-order chi connectivity index (χ0) is 11.1. The van der Waals surface area contributed by atoms with Crippen molar-refractivity contribution < 1.29 is 13.5 Å². The first-order valence-corrected chi connectivity index (χ1v) is 4.94. The molecule has 82 valence electrons. The lowest BCUT2D eigenvalue weighted by molar-refractivity contribution is -0.134. The number of hydrogen-bond donors (Lipinski definition) is 1. The lowest BCUT2D eigenvalue weighted by Gasteiger charge is -2.35. The molecule has 0 saturated heterocycles. The van der Waals surface area contributed by atoms with E-state index in [0.29, 0.717) is 16.5 Å². The summed E-state index contributed by atoms with van der Waals surface area (Å²) in [6.07, 6.45) is -0.928. The second-order valence-corrected chi connectivity index (χ2v) is 4.10. The quantitative estimate of drug-likeness (QED) is 0.797. The molecule has 1 aromatic carbocycles. The number of rotatable bonds is 2. The number of nitrogens with two attached hydrogens (primary N) is 1. The first-order chi connectivity index (χ1) is 6.96. The number of anilines is 1. The third kappa shape index (κ3) is 2.31. The van der Waals surface area contributed by atoms with Gasteiger partial charge in [-0.25, -0.2) is 8.78 Å². The fourth-order valence-electron chi connectivity index (χ4n) is 1.48. The summed E-state index contributed by atoms with van der Waals surface area (Å²) >= 11 is 5.83. The topological polar surface area (TPSA) is 35.2 Å². The van der Waals surface area contributed by atoms with Crippen LogP contribution in [0.3, 0.4) is 0 Å². The van der Waals surface area contributed by atoms with Crippen molar-refractivity contribution in [2.24, 2.45) is 0 Å². The lowest BCUT2D eigenvalue weighted by atomic mass is 9.91. The Hall–Kier alpha value is -1.03. The summed E-state index contributed by atoms with van der Waals surface area (Å²) in [5.74, 6) is -2.17. The van der Waals surface area contributed by atoms with Gasteiger partial charge in [0.1, 0.15) is 11.9 Å². The zero-order valence-electron chi connectivity index (χ0n) is 7.84. The second-order valence-electron chi connectivity index (χ2n) is 3.69. The number of nitrogen functional groups attached to an aromatic ring is 1. The standard InChI is InChI=1S/C10H10ClF2NO/c11-8-3-6(14)1-2-9(8)15-7-4-10(12,13)5-7/h1-3,7H,4-5,14H2. The van der Waals surface area contributed by atoms with Gasteiger partial charge in [0.05, 0.1) is 5.02 Å². The molecule has 1 aliphatic rings. The van der Waals surface area contributed by atoms with Gasteiger partial charge in [-0.05, 0) is 18.2 Å². The van der Waals surface area contributed by atoms with E-state index >= 15 is 0 Å². The maximum atomic E-state index is 12.5. The normalized spacial score (nSPS) is 19.7. The molecule has 0 bridgehead atoms. The lowest BCUT2D eigenvalue weighted by Crippen LogP contribution is -2.43. The molecular weight excluding hydrogens is 224 g/mol. The van der Waals surface area contributed by atoms with Crippen molar-refractivity contribution in [2.75, 3.05) is 5.73 Å². The van der Waals surface area contributed by atoms with Crippen LogP contribution in [-0.4, -0.2) is 12.0 Å². The van der Waals surface area contributed by atoms with Gasteiger partial charge in [0.15, 0.2) is 0 Å². The Bertz CT molecular complexity index is 376. The molecule has 5 heteroatoms. The molecular formula is C10H10ClF2NO. The third-order valence-corrected chi connectivity index (χ3v) is 2.60. The van der Waals surface area contributed by atoms with Gasteiger partial charge in [0.2, 0.25) is 0 Å². The summed E-state index contributed by atoms with van der Waals surface area (Å²) in [5.41, 5.74) is 6.01. The maximum absolute atomic E-state index is 12.5. The Labute approximate surface area is 91.0 Å². The highest BCUT2D eigenvalue weighted by molar-refractivity contribution is 6.32. The van der Waals surface area contributed by atoms with E-state index in [1.165, 1.54) is 6.07 Å². The van der Waals surface area contributed by atoms with Gasteiger partial charge >= 0.3 is 0 Å². The number of alkyl halides is 2. The van der Waals surface area contributed by atoms with Crippen molar-refractivity contribution in [1.29, 1.82) is 0 Å². The fraction of sp³-hybridized carbons (Fsp3) is 0.400. The van der Waals surface area contributed by atoms with Crippen LogP contribution in [0.2, 0.25) is 5.02 Å². The third-order valence-electron chi connectivity index (χ3n) is 2.30. The molecule has 1 fully saturated rings. The van der Waals surface area contributed by atoms with Crippen LogP contribution in [-0.2, 0) is 0 Å². The van der Waals surface area contributed by atoms with Crippen LogP contribution in [0.4, 0.5) is 14.5 Å². The molecule has 2 nitrogen and oxygen atoms in total. The number of benzene rings is 1. The van der Waals surface area contributed by atoms with Gasteiger partial charge in [0.25, 0.3) is 5.92 Å². The van der Waals surface area contributed by atoms with Crippen molar-refractivity contribution in [3.05, 3.63) is 23.2 Å². The van der Waals surface area contributed by atoms with E-state index in [1.54, 1.807) is 12.1 Å². The van der Waals surface area contributed by atoms with E-state index in [1.807, 2.05) is 0 Å². The molecule has 0 radical (unpaired) electrons. The van der Waals surface area contributed by atoms with E-state index in [9.17, 15) is 8.78 Å². The van der Waals surface area contributed by atoms with E-state index < -0.39 is 12.0 Å². The van der Waals surface area contributed by atoms with E-state index in [0.717, 1.165) is 0 Å². The average molecular weight is 234 g/mol. The monoisotopic (exact) mass is 233 g/mol. The molecule has 1 aromatic rings. The Kier molecular flexibility index (Phi) is 2.46. The van der Waals surface area contributed by atoms with Crippen LogP contribution in [0.1, 0.15) is 12.8 Å².